The fourth-order valence-electron chi connectivity index (χ4n) is 9.57. The molecule has 4 aromatic heterocycles. The van der Waals surface area contributed by atoms with Gasteiger partial charge in [-0.25, -0.2) is 9.97 Å². The van der Waals surface area contributed by atoms with Crippen LogP contribution >= 0.6 is 11.3 Å². The minimum Gasteiger partial charge on any atom is -0.309 e. The molecule has 0 unspecified atom stereocenters. The number of hydrogen-bond donors (Lipinski definition) is 0. The van der Waals surface area contributed by atoms with Gasteiger partial charge in [0, 0.05) is 59.5 Å². The lowest BCUT2D eigenvalue weighted by Crippen LogP contribution is -1.97. The fourth-order valence-corrected chi connectivity index (χ4v) is 10.7. The van der Waals surface area contributed by atoms with Gasteiger partial charge in [-0.15, -0.1) is 11.3 Å². The quantitative estimate of drug-likeness (QED) is 0.167. The van der Waals surface area contributed by atoms with Crippen LogP contribution < -0.4 is 0 Å². The normalized spacial score (nSPS) is 12.1. The van der Waals surface area contributed by atoms with Crippen molar-refractivity contribution in [2.75, 3.05) is 0 Å². The summed E-state index contributed by atoms with van der Waals surface area (Å²) in [7, 11) is 0. The van der Waals surface area contributed by atoms with Crippen LogP contribution in [0.3, 0.4) is 0 Å². The molecule has 0 aliphatic carbocycles. The molecule has 0 radical (unpaired) electrons. The van der Waals surface area contributed by atoms with Gasteiger partial charge in [-0.1, -0.05) is 146 Å². The Morgan fingerprint density at radius 3 is 1.80 bits per heavy atom. The standard InChI is InChI=1S/C54H32N4S/c1-3-14-33(15-4-1)50-53-51(44-22-9-12-25-48(44)59-53)56-54(55-50)34-16-13-19-36(32-34)57-46-24-11-8-21-43(46)49-40-27-29-41-38(37(40)30-31-47(49)57)26-28-42-39-20-7-10-23-45(39)58(52(41)42)35-17-5-2-6-18-35/h1-32H. The molecular formula is C54H32N4S. The molecule has 0 amide bonds. The summed E-state index contributed by atoms with van der Waals surface area (Å²) in [5.74, 6) is 0.721. The molecule has 4 heterocycles. The van der Waals surface area contributed by atoms with Crippen LogP contribution in [-0.4, -0.2) is 19.1 Å². The molecule has 13 rings (SSSR count). The van der Waals surface area contributed by atoms with E-state index in [1.165, 1.54) is 64.3 Å². The number of fused-ring (bicyclic) bond motifs is 14. The van der Waals surface area contributed by atoms with Gasteiger partial charge in [0.1, 0.15) is 0 Å². The molecule has 274 valence electrons. The highest BCUT2D eigenvalue weighted by Crippen LogP contribution is 2.44. The van der Waals surface area contributed by atoms with E-state index >= 15 is 0 Å². The number of para-hydroxylation sites is 3. The van der Waals surface area contributed by atoms with Crippen LogP contribution in [0.4, 0.5) is 0 Å². The van der Waals surface area contributed by atoms with Crippen molar-refractivity contribution in [3.05, 3.63) is 194 Å². The summed E-state index contributed by atoms with van der Waals surface area (Å²) >= 11 is 1.76. The van der Waals surface area contributed by atoms with Gasteiger partial charge in [0.05, 0.1) is 38.0 Å². The molecule has 0 fully saturated rings. The first-order valence-electron chi connectivity index (χ1n) is 20.0. The zero-order valence-electron chi connectivity index (χ0n) is 31.7. The lowest BCUT2D eigenvalue weighted by molar-refractivity contribution is 1.17. The number of aromatic nitrogens is 4. The molecule has 9 aromatic carbocycles. The first-order valence-corrected chi connectivity index (χ1v) is 20.8. The molecular weight excluding hydrogens is 737 g/mol. The average Bonchev–Trinajstić information content (AvgIpc) is 3.97. The molecule has 13 aromatic rings. The summed E-state index contributed by atoms with van der Waals surface area (Å²) in [6, 6.07) is 70.1. The van der Waals surface area contributed by atoms with E-state index in [0.29, 0.717) is 0 Å². The predicted molar refractivity (Wildman–Crippen MR) is 249 cm³/mol. The molecule has 0 spiro atoms. The minimum atomic E-state index is 0.721. The van der Waals surface area contributed by atoms with E-state index in [-0.39, 0.29) is 0 Å². The SMILES string of the molecule is c1ccc(-c2nc(-c3cccc(-n4c5ccccc5c5c6ccc7c(ccc8c9ccccc9n(-c9ccccc9)c78)c6ccc54)c3)nc3c2sc2ccccc23)cc1. The van der Waals surface area contributed by atoms with E-state index in [2.05, 4.69) is 203 Å². The lowest BCUT2D eigenvalue weighted by Gasteiger charge is -2.13. The molecule has 59 heavy (non-hydrogen) atoms. The summed E-state index contributed by atoms with van der Waals surface area (Å²) in [6.07, 6.45) is 0. The van der Waals surface area contributed by atoms with E-state index in [1.54, 1.807) is 11.3 Å². The van der Waals surface area contributed by atoms with Crippen molar-refractivity contribution < 1.29 is 0 Å². The second kappa shape index (κ2) is 12.4. The maximum Gasteiger partial charge on any atom is 0.160 e. The van der Waals surface area contributed by atoms with Gasteiger partial charge in [0.25, 0.3) is 0 Å². The Morgan fingerprint density at radius 1 is 0.373 bits per heavy atom. The predicted octanol–water partition coefficient (Wildman–Crippen LogP) is 14.7. The second-order valence-electron chi connectivity index (χ2n) is 15.3. The maximum absolute atomic E-state index is 5.30. The zero-order valence-corrected chi connectivity index (χ0v) is 32.5. The molecule has 0 atom stereocenters. The van der Waals surface area contributed by atoms with Gasteiger partial charge in [-0.3, -0.25) is 0 Å². The van der Waals surface area contributed by atoms with Crippen LogP contribution in [0.2, 0.25) is 0 Å². The highest BCUT2D eigenvalue weighted by Gasteiger charge is 2.21. The first kappa shape index (κ1) is 32.5. The van der Waals surface area contributed by atoms with Crippen molar-refractivity contribution in [2.45, 2.75) is 0 Å². The summed E-state index contributed by atoms with van der Waals surface area (Å²) in [6.45, 7) is 0. The van der Waals surface area contributed by atoms with Crippen molar-refractivity contribution >= 4 is 96.8 Å². The first-order chi connectivity index (χ1) is 29.3. The Hall–Kier alpha value is -7.60. The van der Waals surface area contributed by atoms with E-state index in [9.17, 15) is 0 Å². The van der Waals surface area contributed by atoms with Gasteiger partial charge in [0.15, 0.2) is 5.82 Å². The summed E-state index contributed by atoms with van der Waals surface area (Å²) in [5, 5.41) is 11.2. The highest BCUT2D eigenvalue weighted by molar-refractivity contribution is 7.26. The monoisotopic (exact) mass is 768 g/mol. The van der Waals surface area contributed by atoms with Crippen LogP contribution in [0, 0.1) is 0 Å². The number of rotatable bonds is 4. The number of benzene rings is 9. The molecule has 4 nitrogen and oxygen atoms in total. The number of nitrogens with zero attached hydrogens (tertiary/aromatic N) is 4. The average molecular weight is 769 g/mol. The van der Waals surface area contributed by atoms with Crippen LogP contribution in [0.1, 0.15) is 0 Å². The van der Waals surface area contributed by atoms with Crippen molar-refractivity contribution in [3.63, 3.8) is 0 Å². The molecule has 5 heteroatoms. The molecule has 0 aliphatic rings. The zero-order chi connectivity index (χ0) is 38.6. The number of hydrogen-bond acceptors (Lipinski definition) is 3. The van der Waals surface area contributed by atoms with Gasteiger partial charge in [-0.2, -0.15) is 0 Å². The van der Waals surface area contributed by atoms with E-state index in [0.717, 1.165) is 55.1 Å². The molecule has 0 N–H and O–H groups in total. The van der Waals surface area contributed by atoms with Crippen molar-refractivity contribution in [2.24, 2.45) is 0 Å². The largest absolute Gasteiger partial charge is 0.309 e. The highest BCUT2D eigenvalue weighted by atomic mass is 32.1. The third kappa shape index (κ3) is 4.71. The van der Waals surface area contributed by atoms with Crippen molar-refractivity contribution in [1.82, 2.24) is 19.1 Å². The number of thiophene rings is 1. The van der Waals surface area contributed by atoms with Crippen LogP contribution in [-0.2, 0) is 0 Å². The molecule has 0 aliphatic heterocycles. The van der Waals surface area contributed by atoms with Crippen LogP contribution in [0.15, 0.2) is 194 Å². The molecule has 0 saturated carbocycles. The summed E-state index contributed by atoms with van der Waals surface area (Å²) in [5.41, 5.74) is 11.1. The van der Waals surface area contributed by atoms with Crippen LogP contribution in [0.5, 0.6) is 0 Å². The van der Waals surface area contributed by atoms with Gasteiger partial charge >= 0.3 is 0 Å². The fraction of sp³-hybridized carbons (Fsp3) is 0. The second-order valence-corrected chi connectivity index (χ2v) is 16.4. The smallest absolute Gasteiger partial charge is 0.160 e. The van der Waals surface area contributed by atoms with Crippen molar-refractivity contribution in [3.8, 4) is 34.0 Å². The van der Waals surface area contributed by atoms with Gasteiger partial charge in [0.2, 0.25) is 0 Å². The van der Waals surface area contributed by atoms with Gasteiger partial charge < -0.3 is 9.13 Å². The van der Waals surface area contributed by atoms with E-state index in [4.69, 9.17) is 9.97 Å². The Bertz CT molecular complexity index is 3840. The van der Waals surface area contributed by atoms with E-state index < -0.39 is 0 Å². The Morgan fingerprint density at radius 2 is 0.966 bits per heavy atom. The van der Waals surface area contributed by atoms with Gasteiger partial charge in [-0.05, 0) is 64.7 Å². The lowest BCUT2D eigenvalue weighted by atomic mass is 9.96. The molecule has 0 bridgehead atoms. The third-order valence-corrected chi connectivity index (χ3v) is 13.3. The van der Waals surface area contributed by atoms with Crippen LogP contribution in [0.25, 0.3) is 119 Å². The maximum atomic E-state index is 5.30. The third-order valence-electron chi connectivity index (χ3n) is 12.1. The Labute approximate surface area is 342 Å². The van der Waals surface area contributed by atoms with Crippen molar-refractivity contribution in [1.29, 1.82) is 0 Å². The summed E-state index contributed by atoms with van der Waals surface area (Å²) < 4.78 is 7.17. The molecule has 0 saturated heterocycles. The summed E-state index contributed by atoms with van der Waals surface area (Å²) in [4.78, 5) is 10.6. The minimum absolute atomic E-state index is 0.721. The Kier molecular flexibility index (Phi) is 6.85. The topological polar surface area (TPSA) is 35.6 Å². The van der Waals surface area contributed by atoms with E-state index in [1.807, 2.05) is 0 Å². The Balaban J connectivity index is 1.04.